The van der Waals surface area contributed by atoms with Crippen molar-refractivity contribution in [3.05, 3.63) is 81.7 Å². The molecular formula is C33H31N3O6S2. The summed E-state index contributed by atoms with van der Waals surface area (Å²) < 4.78 is 15.3. The van der Waals surface area contributed by atoms with Gasteiger partial charge in [0.2, 0.25) is 5.91 Å². The molecule has 4 aromatic rings. The van der Waals surface area contributed by atoms with E-state index in [1.54, 1.807) is 21.0 Å². The highest BCUT2D eigenvalue weighted by molar-refractivity contribution is 7.99. The molecule has 0 aliphatic heterocycles. The molecule has 226 valence electrons. The van der Waals surface area contributed by atoms with Crippen molar-refractivity contribution in [3.8, 4) is 34.2 Å². The maximum atomic E-state index is 13.0. The zero-order chi connectivity index (χ0) is 31.8. The van der Waals surface area contributed by atoms with E-state index in [0.717, 1.165) is 33.6 Å². The molecule has 0 radical (unpaired) electrons. The summed E-state index contributed by atoms with van der Waals surface area (Å²) in [5.74, 6) is -0.598. The number of methoxy groups -OCH3 is 2. The second-order valence-electron chi connectivity index (χ2n) is 9.56. The van der Waals surface area contributed by atoms with Crippen LogP contribution in [-0.2, 0) is 14.3 Å². The predicted octanol–water partition coefficient (Wildman–Crippen LogP) is 7.06. The van der Waals surface area contributed by atoms with Gasteiger partial charge in [-0.25, -0.2) is 14.6 Å². The van der Waals surface area contributed by atoms with E-state index >= 15 is 0 Å². The molecule has 0 unspecified atom stereocenters. The summed E-state index contributed by atoms with van der Waals surface area (Å²) in [5, 5.41) is 13.6. The Labute approximate surface area is 264 Å². The number of carbonyl (C=O) groups excluding carboxylic acids is 3. The molecule has 2 aromatic heterocycles. The molecule has 0 atom stereocenters. The topological polar surface area (TPSA) is 128 Å². The van der Waals surface area contributed by atoms with Crippen molar-refractivity contribution in [3.63, 3.8) is 0 Å². The van der Waals surface area contributed by atoms with Crippen molar-refractivity contribution in [2.45, 2.75) is 32.2 Å². The van der Waals surface area contributed by atoms with Gasteiger partial charge in [-0.1, -0.05) is 29.8 Å². The number of aromatic nitrogens is 1. The zero-order valence-corrected chi connectivity index (χ0v) is 26.6. The first-order valence-electron chi connectivity index (χ1n) is 13.7. The molecule has 4 rings (SSSR count). The summed E-state index contributed by atoms with van der Waals surface area (Å²) in [5.41, 5.74) is 5.16. The molecule has 0 saturated heterocycles. The van der Waals surface area contributed by atoms with Crippen LogP contribution in [0.1, 0.15) is 50.1 Å². The molecule has 0 saturated carbocycles. The average Bonchev–Trinajstić information content (AvgIpc) is 3.35. The number of ether oxygens (including phenoxy) is 3. The lowest BCUT2D eigenvalue weighted by Crippen LogP contribution is -2.14. The van der Waals surface area contributed by atoms with Gasteiger partial charge < -0.3 is 19.5 Å². The number of thiophene rings is 1. The van der Waals surface area contributed by atoms with Gasteiger partial charge in [-0.05, 0) is 62.2 Å². The molecule has 0 aliphatic rings. The molecule has 2 heterocycles. The Kier molecular flexibility index (Phi) is 10.8. The number of aryl methyl sites for hydroxylation is 1. The van der Waals surface area contributed by atoms with Crippen LogP contribution in [0.5, 0.6) is 5.75 Å². The number of nitrogens with zero attached hydrogens (tertiary/aromatic N) is 2. The minimum atomic E-state index is -0.666. The normalized spacial score (nSPS) is 10.5. The van der Waals surface area contributed by atoms with Crippen LogP contribution in [0.15, 0.2) is 59.6 Å². The fourth-order valence-electron chi connectivity index (χ4n) is 4.37. The number of rotatable bonds is 11. The number of esters is 2. The summed E-state index contributed by atoms with van der Waals surface area (Å²) in [6.45, 7) is 5.47. The second-order valence-corrected chi connectivity index (χ2v) is 11.7. The SMILES string of the molecule is CCOC(=O)c1sc(NC(=O)CCSc2nc(-c3ccc(OC)cc3)cc(-c3ccc(C)cc3)c2C#N)c(C(=O)OC)c1C. The van der Waals surface area contributed by atoms with Crippen LogP contribution >= 0.6 is 23.1 Å². The Bertz CT molecular complexity index is 1720. The van der Waals surface area contributed by atoms with Gasteiger partial charge in [-0.15, -0.1) is 23.1 Å². The van der Waals surface area contributed by atoms with Gasteiger partial charge in [0.25, 0.3) is 0 Å². The summed E-state index contributed by atoms with van der Waals surface area (Å²) >= 11 is 2.26. The van der Waals surface area contributed by atoms with Crippen molar-refractivity contribution in [1.82, 2.24) is 4.98 Å². The van der Waals surface area contributed by atoms with E-state index in [1.165, 1.54) is 18.9 Å². The van der Waals surface area contributed by atoms with Crippen molar-refractivity contribution < 1.29 is 28.6 Å². The summed E-state index contributed by atoms with van der Waals surface area (Å²) in [7, 11) is 2.83. The Morgan fingerprint density at radius 2 is 1.68 bits per heavy atom. The van der Waals surface area contributed by atoms with Gasteiger partial charge in [0, 0.05) is 23.3 Å². The summed E-state index contributed by atoms with van der Waals surface area (Å²) in [4.78, 5) is 42.9. The van der Waals surface area contributed by atoms with Crippen LogP contribution in [0.25, 0.3) is 22.4 Å². The van der Waals surface area contributed by atoms with Gasteiger partial charge in [0.1, 0.15) is 26.7 Å². The van der Waals surface area contributed by atoms with Crippen molar-refractivity contribution in [2.75, 3.05) is 31.9 Å². The van der Waals surface area contributed by atoms with E-state index in [2.05, 4.69) is 11.4 Å². The summed E-state index contributed by atoms with van der Waals surface area (Å²) in [6.07, 6.45) is 0.0517. The predicted molar refractivity (Wildman–Crippen MR) is 171 cm³/mol. The number of amides is 1. The summed E-state index contributed by atoms with van der Waals surface area (Å²) in [6, 6.07) is 19.6. The Morgan fingerprint density at radius 1 is 1.00 bits per heavy atom. The number of carbonyl (C=O) groups is 3. The third-order valence-corrected chi connectivity index (χ3v) is 8.83. The Hall–Kier alpha value is -4.66. The lowest BCUT2D eigenvalue weighted by molar-refractivity contribution is -0.115. The maximum Gasteiger partial charge on any atom is 0.348 e. The van der Waals surface area contributed by atoms with E-state index in [-0.39, 0.29) is 34.4 Å². The van der Waals surface area contributed by atoms with E-state index < -0.39 is 11.9 Å². The van der Waals surface area contributed by atoms with Crippen LogP contribution in [0.3, 0.4) is 0 Å². The number of pyridine rings is 1. The third kappa shape index (κ3) is 7.27. The number of anilines is 1. The fraction of sp³-hybridized carbons (Fsp3) is 0.242. The number of hydrogen-bond donors (Lipinski definition) is 1. The molecule has 2 aromatic carbocycles. The van der Waals surface area contributed by atoms with Crippen LogP contribution in [0, 0.1) is 25.2 Å². The first-order chi connectivity index (χ1) is 21.2. The minimum absolute atomic E-state index is 0.0517. The van der Waals surface area contributed by atoms with E-state index in [4.69, 9.17) is 19.2 Å². The van der Waals surface area contributed by atoms with Crippen LogP contribution < -0.4 is 10.1 Å². The maximum absolute atomic E-state index is 13.0. The standard InChI is InChI=1S/C33H31N3O6S2/c1-6-42-33(39)29-20(3)28(32(38)41-5)31(44-29)36-27(37)15-16-43-30-25(18-34)24(21-9-7-19(2)8-10-21)17-26(35-30)22-11-13-23(40-4)14-12-22/h7-14,17H,6,15-16H2,1-5H3,(H,36,37). The largest absolute Gasteiger partial charge is 0.497 e. The highest BCUT2D eigenvalue weighted by atomic mass is 32.2. The number of nitrogens with one attached hydrogen (secondary N) is 1. The van der Waals surface area contributed by atoms with Crippen molar-refractivity contribution in [2.24, 2.45) is 0 Å². The fourth-order valence-corrected chi connectivity index (χ4v) is 6.42. The first-order valence-corrected chi connectivity index (χ1v) is 15.5. The van der Waals surface area contributed by atoms with Crippen LogP contribution in [0.2, 0.25) is 0 Å². The lowest BCUT2D eigenvalue weighted by atomic mass is 9.98. The van der Waals surface area contributed by atoms with Crippen molar-refractivity contribution >= 4 is 45.9 Å². The molecule has 1 amide bonds. The molecular weight excluding hydrogens is 599 g/mol. The highest BCUT2D eigenvalue weighted by Gasteiger charge is 2.27. The molecule has 0 fully saturated rings. The monoisotopic (exact) mass is 629 g/mol. The van der Waals surface area contributed by atoms with Crippen LogP contribution in [0.4, 0.5) is 5.00 Å². The molecule has 0 spiro atoms. The van der Waals surface area contributed by atoms with Gasteiger partial charge in [-0.3, -0.25) is 4.79 Å². The molecule has 11 heteroatoms. The van der Waals surface area contributed by atoms with Gasteiger partial charge in [0.15, 0.2) is 0 Å². The number of nitriles is 1. The van der Waals surface area contributed by atoms with Crippen LogP contribution in [-0.4, -0.2) is 49.4 Å². The second kappa shape index (κ2) is 14.7. The average molecular weight is 630 g/mol. The minimum Gasteiger partial charge on any atom is -0.497 e. The number of benzene rings is 2. The molecule has 0 bridgehead atoms. The molecule has 1 N–H and O–H groups in total. The molecule has 9 nitrogen and oxygen atoms in total. The number of thioether (sulfide) groups is 1. The Balaban J connectivity index is 1.60. The van der Waals surface area contributed by atoms with E-state index in [9.17, 15) is 19.6 Å². The zero-order valence-electron chi connectivity index (χ0n) is 25.0. The van der Waals surface area contributed by atoms with Gasteiger partial charge >= 0.3 is 11.9 Å². The lowest BCUT2D eigenvalue weighted by Gasteiger charge is -2.13. The Morgan fingerprint density at radius 3 is 2.30 bits per heavy atom. The number of hydrogen-bond acceptors (Lipinski definition) is 10. The quantitative estimate of drug-likeness (QED) is 0.137. The van der Waals surface area contributed by atoms with E-state index in [0.29, 0.717) is 33.3 Å². The van der Waals surface area contributed by atoms with E-state index in [1.807, 2.05) is 61.5 Å². The van der Waals surface area contributed by atoms with Crippen molar-refractivity contribution in [1.29, 1.82) is 5.26 Å². The molecule has 0 aliphatic carbocycles. The highest BCUT2D eigenvalue weighted by Crippen LogP contribution is 2.36. The first kappa shape index (κ1) is 32.3. The van der Waals surface area contributed by atoms with Gasteiger partial charge in [0.05, 0.1) is 37.6 Å². The smallest absolute Gasteiger partial charge is 0.348 e. The van der Waals surface area contributed by atoms with Gasteiger partial charge in [-0.2, -0.15) is 5.26 Å². The molecule has 44 heavy (non-hydrogen) atoms. The third-order valence-electron chi connectivity index (χ3n) is 6.66.